The summed E-state index contributed by atoms with van der Waals surface area (Å²) in [5.41, 5.74) is 1.23. The van der Waals surface area contributed by atoms with Gasteiger partial charge in [-0.25, -0.2) is 9.59 Å². The van der Waals surface area contributed by atoms with Crippen LogP contribution in [0.4, 0.5) is 25.0 Å². The SMILES string of the molecule is COC(=O)c1ccc(NC(=O)Nc2ccc(OC(F)F)cc2)cc1. The predicted octanol–water partition coefficient (Wildman–Crippen LogP) is 3.72. The van der Waals surface area contributed by atoms with Crippen LogP contribution in [0.3, 0.4) is 0 Å². The van der Waals surface area contributed by atoms with Crippen molar-refractivity contribution in [2.75, 3.05) is 17.7 Å². The van der Waals surface area contributed by atoms with Gasteiger partial charge in [-0.1, -0.05) is 0 Å². The van der Waals surface area contributed by atoms with E-state index < -0.39 is 18.6 Å². The van der Waals surface area contributed by atoms with Crippen LogP contribution in [0, 0.1) is 0 Å². The van der Waals surface area contributed by atoms with Crippen LogP contribution in [0.25, 0.3) is 0 Å². The van der Waals surface area contributed by atoms with Gasteiger partial charge in [0, 0.05) is 11.4 Å². The van der Waals surface area contributed by atoms with Crippen LogP contribution in [0.2, 0.25) is 0 Å². The van der Waals surface area contributed by atoms with Crippen LogP contribution in [-0.4, -0.2) is 25.7 Å². The molecule has 2 rings (SSSR count). The highest BCUT2D eigenvalue weighted by Gasteiger charge is 2.07. The van der Waals surface area contributed by atoms with Crippen LogP contribution < -0.4 is 15.4 Å². The summed E-state index contributed by atoms with van der Waals surface area (Å²) in [6.45, 7) is -2.90. The first-order valence-electron chi connectivity index (χ1n) is 6.79. The highest BCUT2D eigenvalue weighted by atomic mass is 19.3. The second kappa shape index (κ2) is 7.91. The van der Waals surface area contributed by atoms with E-state index in [2.05, 4.69) is 20.1 Å². The first-order chi connectivity index (χ1) is 11.5. The Morgan fingerprint density at radius 1 is 0.917 bits per heavy atom. The van der Waals surface area contributed by atoms with Crippen molar-refractivity contribution in [2.45, 2.75) is 6.61 Å². The van der Waals surface area contributed by atoms with E-state index in [4.69, 9.17) is 0 Å². The number of hydrogen-bond donors (Lipinski definition) is 2. The number of alkyl halides is 2. The lowest BCUT2D eigenvalue weighted by molar-refractivity contribution is -0.0498. The smallest absolute Gasteiger partial charge is 0.387 e. The van der Waals surface area contributed by atoms with Gasteiger partial charge in [-0.3, -0.25) is 0 Å². The van der Waals surface area contributed by atoms with Crippen LogP contribution in [0.15, 0.2) is 48.5 Å². The number of halogens is 2. The lowest BCUT2D eigenvalue weighted by atomic mass is 10.2. The van der Waals surface area contributed by atoms with Gasteiger partial charge < -0.3 is 20.1 Å². The Balaban J connectivity index is 1.92. The molecule has 0 aliphatic rings. The minimum atomic E-state index is -2.90. The van der Waals surface area contributed by atoms with E-state index in [-0.39, 0.29) is 5.75 Å². The summed E-state index contributed by atoms with van der Waals surface area (Å²) in [5.74, 6) is -0.480. The molecule has 0 aliphatic carbocycles. The van der Waals surface area contributed by atoms with Crippen LogP contribution in [0.5, 0.6) is 5.75 Å². The molecule has 0 saturated carbocycles. The number of nitrogens with one attached hydrogen (secondary N) is 2. The van der Waals surface area contributed by atoms with E-state index in [1.165, 1.54) is 43.5 Å². The topological polar surface area (TPSA) is 76.7 Å². The van der Waals surface area contributed by atoms with E-state index in [1.54, 1.807) is 12.1 Å². The number of esters is 1. The Labute approximate surface area is 136 Å². The zero-order valence-corrected chi connectivity index (χ0v) is 12.6. The van der Waals surface area contributed by atoms with Crippen molar-refractivity contribution in [3.63, 3.8) is 0 Å². The Hall–Kier alpha value is -3.16. The Morgan fingerprint density at radius 2 is 1.42 bits per heavy atom. The van der Waals surface area contributed by atoms with Gasteiger partial charge >= 0.3 is 18.6 Å². The van der Waals surface area contributed by atoms with Crippen LogP contribution in [0.1, 0.15) is 10.4 Å². The zero-order chi connectivity index (χ0) is 17.5. The zero-order valence-electron chi connectivity index (χ0n) is 12.6. The summed E-state index contributed by atoms with van der Waals surface area (Å²) in [4.78, 5) is 23.2. The number of hydrogen-bond acceptors (Lipinski definition) is 4. The van der Waals surface area contributed by atoms with Gasteiger partial charge in [0.2, 0.25) is 0 Å². The molecule has 126 valence electrons. The van der Waals surface area contributed by atoms with Crippen molar-refractivity contribution in [1.82, 2.24) is 0 Å². The third kappa shape index (κ3) is 4.94. The summed E-state index contributed by atoms with van der Waals surface area (Å²) < 4.78 is 32.9. The second-order valence-corrected chi connectivity index (χ2v) is 4.55. The summed E-state index contributed by atoms with van der Waals surface area (Å²) in [7, 11) is 1.28. The van der Waals surface area contributed by atoms with Crippen LogP contribution in [-0.2, 0) is 4.74 Å². The highest BCUT2D eigenvalue weighted by molar-refractivity contribution is 6.00. The first kappa shape index (κ1) is 17.2. The maximum Gasteiger partial charge on any atom is 0.387 e. The number of rotatable bonds is 5. The quantitative estimate of drug-likeness (QED) is 0.816. The van der Waals surface area contributed by atoms with Crippen molar-refractivity contribution in [2.24, 2.45) is 0 Å². The van der Waals surface area contributed by atoms with Crippen LogP contribution >= 0.6 is 0 Å². The van der Waals surface area contributed by atoms with Gasteiger partial charge in [0.05, 0.1) is 12.7 Å². The van der Waals surface area contributed by atoms with Gasteiger partial charge in [0.1, 0.15) is 5.75 Å². The molecule has 0 saturated heterocycles. The van der Waals surface area contributed by atoms with E-state index >= 15 is 0 Å². The Kier molecular flexibility index (Phi) is 5.67. The van der Waals surface area contributed by atoms with E-state index in [0.29, 0.717) is 16.9 Å². The number of anilines is 2. The molecular formula is C16H14F2N2O4. The number of methoxy groups -OCH3 is 1. The summed E-state index contributed by atoms with van der Waals surface area (Å²) >= 11 is 0. The maximum absolute atomic E-state index is 12.0. The van der Waals surface area contributed by atoms with Crippen molar-refractivity contribution in [1.29, 1.82) is 0 Å². The molecule has 0 unspecified atom stereocenters. The molecular weight excluding hydrogens is 322 g/mol. The molecule has 0 spiro atoms. The molecule has 0 heterocycles. The number of carbonyl (C=O) groups is 2. The van der Waals surface area contributed by atoms with Gasteiger partial charge in [-0.2, -0.15) is 8.78 Å². The molecule has 2 N–H and O–H groups in total. The third-order valence-electron chi connectivity index (χ3n) is 2.90. The van der Waals surface area contributed by atoms with Gasteiger partial charge in [-0.15, -0.1) is 0 Å². The monoisotopic (exact) mass is 336 g/mol. The molecule has 0 fully saturated rings. The molecule has 2 aromatic rings. The number of ether oxygens (including phenoxy) is 2. The Bertz CT molecular complexity index is 703. The molecule has 24 heavy (non-hydrogen) atoms. The molecule has 0 atom stereocenters. The number of carbonyl (C=O) groups excluding carboxylic acids is 2. The fourth-order valence-electron chi connectivity index (χ4n) is 1.82. The summed E-state index contributed by atoms with van der Waals surface area (Å²) in [5, 5.41) is 5.10. The molecule has 0 aliphatic heterocycles. The van der Waals surface area contributed by atoms with E-state index in [1.807, 2.05) is 0 Å². The van der Waals surface area contributed by atoms with Crippen molar-refractivity contribution >= 4 is 23.4 Å². The Morgan fingerprint density at radius 3 is 1.88 bits per heavy atom. The molecule has 8 heteroatoms. The van der Waals surface area contributed by atoms with Crippen molar-refractivity contribution < 1.29 is 27.8 Å². The fourth-order valence-corrected chi connectivity index (χ4v) is 1.82. The lowest BCUT2D eigenvalue weighted by Gasteiger charge is -2.09. The van der Waals surface area contributed by atoms with Crippen molar-refractivity contribution in [3.05, 3.63) is 54.1 Å². The predicted molar refractivity (Wildman–Crippen MR) is 83.5 cm³/mol. The third-order valence-corrected chi connectivity index (χ3v) is 2.90. The standard InChI is InChI=1S/C16H14F2N2O4/c1-23-14(21)10-2-4-11(5-3-10)19-16(22)20-12-6-8-13(9-7-12)24-15(17)18/h2-9,15H,1H3,(H2,19,20,22). The highest BCUT2D eigenvalue weighted by Crippen LogP contribution is 2.18. The number of urea groups is 1. The molecule has 0 radical (unpaired) electrons. The largest absolute Gasteiger partial charge is 0.465 e. The second-order valence-electron chi connectivity index (χ2n) is 4.55. The molecule has 2 amide bonds. The van der Waals surface area contributed by atoms with E-state index in [9.17, 15) is 18.4 Å². The van der Waals surface area contributed by atoms with Gasteiger partial charge in [-0.05, 0) is 48.5 Å². The first-order valence-corrected chi connectivity index (χ1v) is 6.79. The number of amides is 2. The summed E-state index contributed by atoms with van der Waals surface area (Å²) in [6.07, 6.45) is 0. The average Bonchev–Trinajstić information content (AvgIpc) is 2.56. The minimum Gasteiger partial charge on any atom is -0.465 e. The van der Waals surface area contributed by atoms with E-state index in [0.717, 1.165) is 0 Å². The van der Waals surface area contributed by atoms with Gasteiger partial charge in [0.15, 0.2) is 0 Å². The maximum atomic E-state index is 12.0. The molecule has 2 aromatic carbocycles. The summed E-state index contributed by atoms with van der Waals surface area (Å²) in [6, 6.07) is 11.1. The normalized spacial score (nSPS) is 10.2. The van der Waals surface area contributed by atoms with Gasteiger partial charge in [0.25, 0.3) is 0 Å². The fraction of sp³-hybridized carbons (Fsp3) is 0.125. The molecule has 0 bridgehead atoms. The molecule has 6 nitrogen and oxygen atoms in total. The van der Waals surface area contributed by atoms with Crippen molar-refractivity contribution in [3.8, 4) is 5.75 Å². The lowest BCUT2D eigenvalue weighted by Crippen LogP contribution is -2.19. The minimum absolute atomic E-state index is 0.00522. The number of benzene rings is 2. The molecule has 0 aromatic heterocycles. The average molecular weight is 336 g/mol.